The Balaban J connectivity index is 2.74. The van der Waals surface area contributed by atoms with Gasteiger partial charge in [-0.2, -0.15) is 0 Å². The summed E-state index contributed by atoms with van der Waals surface area (Å²) in [5.74, 6) is 0.222. The second-order valence-electron chi connectivity index (χ2n) is 3.90. The van der Waals surface area contributed by atoms with Gasteiger partial charge in [0.15, 0.2) is 5.78 Å². The van der Waals surface area contributed by atoms with E-state index in [1.54, 1.807) is 0 Å². The lowest BCUT2D eigenvalue weighted by Crippen LogP contribution is -2.23. The summed E-state index contributed by atoms with van der Waals surface area (Å²) in [4.78, 5) is 11.2. The first-order chi connectivity index (χ1) is 5.05. The van der Waals surface area contributed by atoms with E-state index in [0.717, 1.165) is 18.4 Å². The van der Waals surface area contributed by atoms with E-state index in [4.69, 9.17) is 11.6 Å². The van der Waals surface area contributed by atoms with Crippen molar-refractivity contribution in [3.63, 3.8) is 0 Å². The van der Waals surface area contributed by atoms with Gasteiger partial charge in [0, 0.05) is 17.5 Å². The van der Waals surface area contributed by atoms with Crippen LogP contribution in [0.25, 0.3) is 0 Å². The standard InChI is InChI=1S/C9H13ClO/c1-9(2)4-3-8(11)7(5-9)6-10/h6H,3-5H2,1-2H3. The van der Waals surface area contributed by atoms with Gasteiger partial charge in [-0.25, -0.2) is 0 Å². The van der Waals surface area contributed by atoms with Gasteiger partial charge < -0.3 is 0 Å². The Morgan fingerprint density at radius 3 is 2.64 bits per heavy atom. The zero-order chi connectivity index (χ0) is 8.48. The molecule has 0 aromatic heterocycles. The van der Waals surface area contributed by atoms with Crippen molar-refractivity contribution >= 4 is 17.4 Å². The van der Waals surface area contributed by atoms with Crippen molar-refractivity contribution in [2.75, 3.05) is 0 Å². The molecule has 0 spiro atoms. The molecule has 0 aliphatic heterocycles. The van der Waals surface area contributed by atoms with Gasteiger partial charge in [-0.1, -0.05) is 25.4 Å². The number of ketones is 1. The maximum absolute atomic E-state index is 11.2. The molecule has 62 valence electrons. The zero-order valence-corrected chi connectivity index (χ0v) is 7.74. The van der Waals surface area contributed by atoms with Crippen molar-refractivity contribution in [1.82, 2.24) is 0 Å². The molecule has 1 fully saturated rings. The summed E-state index contributed by atoms with van der Waals surface area (Å²) in [7, 11) is 0. The topological polar surface area (TPSA) is 17.1 Å². The highest BCUT2D eigenvalue weighted by Crippen LogP contribution is 2.36. The number of halogens is 1. The third-order valence-corrected chi connectivity index (χ3v) is 2.45. The van der Waals surface area contributed by atoms with Gasteiger partial charge >= 0.3 is 0 Å². The van der Waals surface area contributed by atoms with Gasteiger partial charge in [0.1, 0.15) is 0 Å². The predicted octanol–water partition coefficient (Wildman–Crippen LogP) is 2.89. The molecule has 1 aliphatic rings. The lowest BCUT2D eigenvalue weighted by atomic mass is 9.75. The Labute approximate surface area is 72.4 Å². The summed E-state index contributed by atoms with van der Waals surface area (Å²) in [5, 5.41) is 0. The number of allylic oxidation sites excluding steroid dienone is 1. The van der Waals surface area contributed by atoms with Crippen molar-refractivity contribution in [1.29, 1.82) is 0 Å². The fraction of sp³-hybridized carbons (Fsp3) is 0.667. The van der Waals surface area contributed by atoms with Crippen molar-refractivity contribution in [3.05, 3.63) is 11.1 Å². The van der Waals surface area contributed by atoms with E-state index in [2.05, 4.69) is 13.8 Å². The fourth-order valence-electron chi connectivity index (χ4n) is 1.41. The molecule has 1 saturated carbocycles. The summed E-state index contributed by atoms with van der Waals surface area (Å²) >= 11 is 5.52. The largest absolute Gasteiger partial charge is 0.295 e. The number of hydrogen-bond acceptors (Lipinski definition) is 1. The first-order valence-electron chi connectivity index (χ1n) is 3.88. The van der Waals surface area contributed by atoms with Crippen LogP contribution in [-0.4, -0.2) is 5.78 Å². The molecule has 0 bridgehead atoms. The minimum atomic E-state index is 0.222. The van der Waals surface area contributed by atoms with Crippen LogP contribution in [0.3, 0.4) is 0 Å². The molecule has 0 saturated heterocycles. The summed E-state index contributed by atoms with van der Waals surface area (Å²) in [5.41, 5.74) is 2.49. The number of Topliss-reactive ketones (excluding diaryl/α,β-unsaturated/α-hetero) is 1. The smallest absolute Gasteiger partial charge is 0.159 e. The van der Waals surface area contributed by atoms with Crippen molar-refractivity contribution in [2.24, 2.45) is 5.41 Å². The third-order valence-electron chi connectivity index (χ3n) is 2.19. The van der Waals surface area contributed by atoms with E-state index in [1.807, 2.05) is 0 Å². The Hall–Kier alpha value is -0.300. The average Bonchev–Trinajstić information content (AvgIpc) is 1.94. The van der Waals surface area contributed by atoms with Crippen LogP contribution >= 0.6 is 11.6 Å². The average molecular weight is 173 g/mol. The van der Waals surface area contributed by atoms with E-state index in [-0.39, 0.29) is 11.2 Å². The molecule has 0 unspecified atom stereocenters. The first-order valence-corrected chi connectivity index (χ1v) is 4.31. The predicted molar refractivity (Wildman–Crippen MR) is 46.6 cm³/mol. The second-order valence-corrected chi connectivity index (χ2v) is 4.12. The Kier molecular flexibility index (Phi) is 2.38. The van der Waals surface area contributed by atoms with Gasteiger partial charge in [-0.05, 0) is 18.3 Å². The van der Waals surface area contributed by atoms with E-state index in [1.165, 1.54) is 5.54 Å². The van der Waals surface area contributed by atoms with Gasteiger partial charge in [-0.15, -0.1) is 0 Å². The Morgan fingerprint density at radius 1 is 1.55 bits per heavy atom. The van der Waals surface area contributed by atoms with Crippen LogP contribution in [0, 0.1) is 5.41 Å². The van der Waals surface area contributed by atoms with Gasteiger partial charge in [0.2, 0.25) is 0 Å². The first kappa shape index (κ1) is 8.79. The highest BCUT2D eigenvalue weighted by Gasteiger charge is 2.28. The van der Waals surface area contributed by atoms with Gasteiger partial charge in [0.25, 0.3) is 0 Å². The molecule has 0 radical (unpaired) electrons. The highest BCUT2D eigenvalue weighted by atomic mass is 35.5. The second kappa shape index (κ2) is 2.98. The quantitative estimate of drug-likeness (QED) is 0.514. The molecule has 1 aliphatic carbocycles. The van der Waals surface area contributed by atoms with Gasteiger partial charge in [0.05, 0.1) is 0 Å². The summed E-state index contributed by atoms with van der Waals surface area (Å²) in [6, 6.07) is 0. The third kappa shape index (κ3) is 2.06. The minimum absolute atomic E-state index is 0.222. The molecule has 1 nitrogen and oxygen atoms in total. The van der Waals surface area contributed by atoms with Crippen molar-refractivity contribution in [2.45, 2.75) is 33.1 Å². The molecular weight excluding hydrogens is 160 g/mol. The molecule has 2 heteroatoms. The molecule has 11 heavy (non-hydrogen) atoms. The van der Waals surface area contributed by atoms with E-state index < -0.39 is 0 Å². The van der Waals surface area contributed by atoms with Crippen LogP contribution in [0.1, 0.15) is 33.1 Å². The molecule has 1 rings (SSSR count). The van der Waals surface area contributed by atoms with Crippen LogP contribution in [0.2, 0.25) is 0 Å². The van der Waals surface area contributed by atoms with Crippen molar-refractivity contribution in [3.8, 4) is 0 Å². The number of rotatable bonds is 0. The monoisotopic (exact) mass is 172 g/mol. The summed E-state index contributed by atoms with van der Waals surface area (Å²) < 4.78 is 0. The van der Waals surface area contributed by atoms with Crippen LogP contribution in [-0.2, 0) is 4.79 Å². The van der Waals surface area contributed by atoms with Crippen molar-refractivity contribution < 1.29 is 4.79 Å². The van der Waals surface area contributed by atoms with E-state index in [9.17, 15) is 4.79 Å². The lowest BCUT2D eigenvalue weighted by Gasteiger charge is -2.29. The van der Waals surface area contributed by atoms with E-state index >= 15 is 0 Å². The maximum Gasteiger partial charge on any atom is 0.159 e. The molecular formula is C9H13ClO. The number of carbonyl (C=O) groups is 1. The van der Waals surface area contributed by atoms with Gasteiger partial charge in [-0.3, -0.25) is 4.79 Å². The molecule has 0 heterocycles. The number of carbonyl (C=O) groups excluding carboxylic acids is 1. The summed E-state index contributed by atoms with van der Waals surface area (Å²) in [6.07, 6.45) is 2.47. The number of hydrogen-bond donors (Lipinski definition) is 0. The molecule has 0 aromatic carbocycles. The zero-order valence-electron chi connectivity index (χ0n) is 6.98. The molecule has 0 atom stereocenters. The van der Waals surface area contributed by atoms with Crippen LogP contribution < -0.4 is 0 Å². The lowest BCUT2D eigenvalue weighted by molar-refractivity contribution is -0.117. The Morgan fingerprint density at radius 2 is 2.18 bits per heavy atom. The molecule has 0 aromatic rings. The van der Waals surface area contributed by atoms with Crippen LogP contribution in [0.4, 0.5) is 0 Å². The Bertz CT molecular complexity index is 204. The normalized spacial score (nSPS) is 27.5. The van der Waals surface area contributed by atoms with Crippen LogP contribution in [0.5, 0.6) is 0 Å². The SMILES string of the molecule is CC1(C)CCC(=O)C(=CCl)C1. The summed E-state index contributed by atoms with van der Waals surface area (Å²) in [6.45, 7) is 4.33. The van der Waals surface area contributed by atoms with Crippen LogP contribution in [0.15, 0.2) is 11.1 Å². The molecule has 0 N–H and O–H groups in total. The molecule has 0 amide bonds. The fourth-order valence-corrected chi connectivity index (χ4v) is 1.61. The minimum Gasteiger partial charge on any atom is -0.295 e. The maximum atomic E-state index is 11.2. The highest BCUT2D eigenvalue weighted by molar-refractivity contribution is 6.27. The van der Waals surface area contributed by atoms with E-state index in [0.29, 0.717) is 6.42 Å².